The summed E-state index contributed by atoms with van der Waals surface area (Å²) < 4.78 is 2.02. The van der Waals surface area contributed by atoms with Crippen molar-refractivity contribution < 1.29 is 4.79 Å². The minimum atomic E-state index is -0.558. The lowest BCUT2D eigenvalue weighted by atomic mass is 9.93. The number of carbonyl (C=O) groups is 1. The van der Waals surface area contributed by atoms with Crippen LogP contribution in [0.3, 0.4) is 0 Å². The van der Waals surface area contributed by atoms with Gasteiger partial charge in [0, 0.05) is 12.6 Å². The lowest BCUT2D eigenvalue weighted by Gasteiger charge is -2.22. The number of ketones is 1. The second kappa shape index (κ2) is 4.21. The summed E-state index contributed by atoms with van der Waals surface area (Å²) in [5.74, 6) is 1.03. The van der Waals surface area contributed by atoms with Gasteiger partial charge in [-0.3, -0.25) is 4.79 Å². The summed E-state index contributed by atoms with van der Waals surface area (Å²) in [6, 6.07) is 5.68. The molecule has 96 valence electrons. The van der Waals surface area contributed by atoms with E-state index in [2.05, 4.69) is 10.3 Å². The summed E-state index contributed by atoms with van der Waals surface area (Å²) in [7, 11) is 3.77. The summed E-state index contributed by atoms with van der Waals surface area (Å²) in [5.41, 5.74) is 2.05. The van der Waals surface area contributed by atoms with Gasteiger partial charge < -0.3 is 9.88 Å². The highest BCUT2D eigenvalue weighted by Crippen LogP contribution is 2.19. The molecule has 2 aromatic rings. The number of carbonyl (C=O) groups excluding carboxylic acids is 1. The Morgan fingerprint density at radius 1 is 1.39 bits per heavy atom. The summed E-state index contributed by atoms with van der Waals surface area (Å²) in [6.07, 6.45) is 0. The molecule has 0 aliphatic carbocycles. The van der Waals surface area contributed by atoms with Crippen molar-refractivity contribution in [1.29, 1.82) is 0 Å². The van der Waals surface area contributed by atoms with Crippen LogP contribution in [0, 0.1) is 6.92 Å². The quantitative estimate of drug-likeness (QED) is 0.842. The highest BCUT2D eigenvalue weighted by atomic mass is 16.1. The molecule has 4 heteroatoms. The summed E-state index contributed by atoms with van der Waals surface area (Å²) >= 11 is 0. The fraction of sp³-hybridized carbons (Fsp3) is 0.429. The van der Waals surface area contributed by atoms with E-state index in [9.17, 15) is 4.79 Å². The standard InChI is InChI=1S/C14H19N3O/c1-9-16-11-8-10(6-7-12(11)17(9)5)13(18)14(2,3)15-4/h6-8,15H,1-5H3. The second-order valence-corrected chi connectivity index (χ2v) is 5.13. The minimum absolute atomic E-state index is 0.0789. The third-order valence-corrected chi connectivity index (χ3v) is 3.56. The molecule has 0 unspecified atom stereocenters. The van der Waals surface area contributed by atoms with Crippen molar-refractivity contribution in [3.05, 3.63) is 29.6 Å². The van der Waals surface area contributed by atoms with Crippen molar-refractivity contribution >= 4 is 16.8 Å². The van der Waals surface area contributed by atoms with E-state index in [1.807, 2.05) is 50.6 Å². The van der Waals surface area contributed by atoms with Crippen LogP contribution in [-0.2, 0) is 7.05 Å². The maximum absolute atomic E-state index is 12.3. The Labute approximate surface area is 107 Å². The zero-order valence-electron chi connectivity index (χ0n) is 11.5. The lowest BCUT2D eigenvalue weighted by Crippen LogP contribution is -2.44. The highest BCUT2D eigenvalue weighted by Gasteiger charge is 2.26. The van der Waals surface area contributed by atoms with Gasteiger partial charge in [0.2, 0.25) is 0 Å². The molecule has 0 radical (unpaired) electrons. The molecule has 1 aromatic carbocycles. The largest absolute Gasteiger partial charge is 0.331 e. The Hall–Kier alpha value is -1.68. The topological polar surface area (TPSA) is 46.9 Å². The van der Waals surface area contributed by atoms with Crippen molar-refractivity contribution in [2.75, 3.05) is 7.05 Å². The smallest absolute Gasteiger partial charge is 0.182 e. The number of fused-ring (bicyclic) bond motifs is 1. The van der Waals surface area contributed by atoms with Gasteiger partial charge in [0.15, 0.2) is 5.78 Å². The van der Waals surface area contributed by atoms with Crippen LogP contribution in [-0.4, -0.2) is 27.9 Å². The Bertz CT molecular complexity index is 611. The summed E-state index contributed by atoms with van der Waals surface area (Å²) in [4.78, 5) is 16.8. The third-order valence-electron chi connectivity index (χ3n) is 3.56. The van der Waals surface area contributed by atoms with Gasteiger partial charge in [-0.25, -0.2) is 4.98 Å². The number of aryl methyl sites for hydroxylation is 2. The molecule has 18 heavy (non-hydrogen) atoms. The molecule has 0 atom stereocenters. The monoisotopic (exact) mass is 245 g/mol. The van der Waals surface area contributed by atoms with E-state index in [1.165, 1.54) is 0 Å². The van der Waals surface area contributed by atoms with Crippen LogP contribution in [0.4, 0.5) is 0 Å². The maximum atomic E-state index is 12.3. The van der Waals surface area contributed by atoms with Crippen LogP contribution in [0.15, 0.2) is 18.2 Å². The highest BCUT2D eigenvalue weighted by molar-refractivity contribution is 6.04. The van der Waals surface area contributed by atoms with Gasteiger partial charge in [-0.1, -0.05) is 0 Å². The average molecular weight is 245 g/mol. The van der Waals surface area contributed by atoms with E-state index in [0.717, 1.165) is 16.9 Å². The first kappa shape index (κ1) is 12.8. The van der Waals surface area contributed by atoms with E-state index in [-0.39, 0.29) is 5.78 Å². The number of nitrogens with one attached hydrogen (secondary N) is 1. The summed E-state index contributed by atoms with van der Waals surface area (Å²) in [6.45, 7) is 5.71. The molecule has 4 nitrogen and oxygen atoms in total. The normalized spacial score (nSPS) is 12.1. The Morgan fingerprint density at radius 2 is 2.06 bits per heavy atom. The Morgan fingerprint density at radius 3 is 2.67 bits per heavy atom. The van der Waals surface area contributed by atoms with Crippen molar-refractivity contribution in [3.63, 3.8) is 0 Å². The van der Waals surface area contributed by atoms with Crippen molar-refractivity contribution in [2.24, 2.45) is 7.05 Å². The molecular formula is C14H19N3O. The van der Waals surface area contributed by atoms with Crippen molar-refractivity contribution in [1.82, 2.24) is 14.9 Å². The number of rotatable bonds is 3. The Balaban J connectivity index is 2.51. The molecule has 1 heterocycles. The van der Waals surface area contributed by atoms with Gasteiger partial charge >= 0.3 is 0 Å². The van der Waals surface area contributed by atoms with Gasteiger partial charge in [0.1, 0.15) is 5.82 Å². The van der Waals surface area contributed by atoms with Gasteiger partial charge in [-0.2, -0.15) is 0 Å². The first-order valence-corrected chi connectivity index (χ1v) is 6.03. The van der Waals surface area contributed by atoms with Crippen LogP contribution in [0.2, 0.25) is 0 Å². The van der Waals surface area contributed by atoms with Gasteiger partial charge in [0.05, 0.1) is 16.6 Å². The molecule has 1 aromatic heterocycles. The zero-order chi connectivity index (χ0) is 13.5. The van der Waals surface area contributed by atoms with Crippen LogP contribution >= 0.6 is 0 Å². The molecule has 0 aliphatic rings. The second-order valence-electron chi connectivity index (χ2n) is 5.13. The molecule has 0 amide bonds. The SMILES string of the molecule is CNC(C)(C)C(=O)c1ccc2c(c1)nc(C)n2C. The average Bonchev–Trinajstić information content (AvgIpc) is 2.63. The number of imidazole rings is 1. The van der Waals surface area contributed by atoms with Crippen LogP contribution in [0.25, 0.3) is 11.0 Å². The molecular weight excluding hydrogens is 226 g/mol. The van der Waals surface area contributed by atoms with E-state index in [0.29, 0.717) is 5.56 Å². The minimum Gasteiger partial charge on any atom is -0.331 e. The molecule has 0 saturated carbocycles. The fourth-order valence-electron chi connectivity index (χ4n) is 1.94. The Kier molecular flexibility index (Phi) is 2.99. The molecule has 2 rings (SSSR count). The van der Waals surface area contributed by atoms with E-state index in [4.69, 9.17) is 0 Å². The van der Waals surface area contributed by atoms with E-state index < -0.39 is 5.54 Å². The van der Waals surface area contributed by atoms with Crippen LogP contribution < -0.4 is 5.32 Å². The zero-order valence-corrected chi connectivity index (χ0v) is 11.5. The first-order chi connectivity index (χ1) is 8.36. The van der Waals surface area contributed by atoms with Crippen LogP contribution in [0.5, 0.6) is 0 Å². The number of hydrogen-bond acceptors (Lipinski definition) is 3. The number of nitrogens with zero attached hydrogens (tertiary/aromatic N) is 2. The predicted molar refractivity (Wildman–Crippen MR) is 72.9 cm³/mol. The van der Waals surface area contributed by atoms with Crippen LogP contribution in [0.1, 0.15) is 30.0 Å². The van der Waals surface area contributed by atoms with Crippen molar-refractivity contribution in [2.45, 2.75) is 26.3 Å². The van der Waals surface area contributed by atoms with E-state index in [1.54, 1.807) is 7.05 Å². The maximum Gasteiger partial charge on any atom is 0.182 e. The first-order valence-electron chi connectivity index (χ1n) is 6.03. The number of benzene rings is 1. The van der Waals surface area contributed by atoms with E-state index >= 15 is 0 Å². The summed E-state index contributed by atoms with van der Waals surface area (Å²) in [5, 5.41) is 3.03. The van der Waals surface area contributed by atoms with Gasteiger partial charge in [0.25, 0.3) is 0 Å². The van der Waals surface area contributed by atoms with Gasteiger partial charge in [-0.15, -0.1) is 0 Å². The molecule has 0 bridgehead atoms. The lowest BCUT2D eigenvalue weighted by molar-refractivity contribution is 0.0889. The molecule has 0 aliphatic heterocycles. The molecule has 1 N–H and O–H groups in total. The number of hydrogen-bond donors (Lipinski definition) is 1. The third kappa shape index (κ3) is 1.93. The van der Waals surface area contributed by atoms with Gasteiger partial charge in [-0.05, 0) is 46.0 Å². The predicted octanol–water partition coefficient (Wildman–Crippen LogP) is 2.06. The molecule has 0 spiro atoms. The van der Waals surface area contributed by atoms with Crippen molar-refractivity contribution in [3.8, 4) is 0 Å². The number of Topliss-reactive ketones (excluding diaryl/α,β-unsaturated/α-hetero) is 1. The molecule has 0 fully saturated rings. The fourth-order valence-corrected chi connectivity index (χ4v) is 1.94. The number of likely N-dealkylation sites (N-methyl/N-ethyl adjacent to an activating group) is 1. The number of aromatic nitrogens is 2. The molecule has 0 saturated heterocycles.